The van der Waals surface area contributed by atoms with Crippen LogP contribution in [-0.4, -0.2) is 38.8 Å². The largest absolute Gasteiger partial charge is 0.342 e. The second-order valence-electron chi connectivity index (χ2n) is 8.76. The SMILES string of the molecule is C=Nc1cc(NC(=O)C2CCCC2)ccc1Cl.O=C1NCS/C1=C\c1ccc2ncc3nccn3c2c1. The number of anilines is 1. The zero-order chi connectivity index (χ0) is 25.8. The van der Waals surface area contributed by atoms with Gasteiger partial charge in [0.25, 0.3) is 5.91 Å². The molecule has 1 aliphatic carbocycles. The number of benzene rings is 2. The molecular weight excluding hydrogens is 508 g/mol. The van der Waals surface area contributed by atoms with Gasteiger partial charge in [0.1, 0.15) is 0 Å². The number of rotatable bonds is 4. The van der Waals surface area contributed by atoms with Gasteiger partial charge in [-0.1, -0.05) is 42.3 Å². The first-order valence-corrected chi connectivity index (χ1v) is 13.3. The van der Waals surface area contributed by atoms with Crippen molar-refractivity contribution in [2.24, 2.45) is 10.9 Å². The summed E-state index contributed by atoms with van der Waals surface area (Å²) in [6.07, 6.45) is 11.6. The summed E-state index contributed by atoms with van der Waals surface area (Å²) >= 11 is 7.44. The van der Waals surface area contributed by atoms with Gasteiger partial charge in [-0.3, -0.25) is 24.0 Å². The van der Waals surface area contributed by atoms with E-state index in [1.807, 2.05) is 34.9 Å². The minimum atomic E-state index is -0.00550. The number of imidazole rings is 1. The summed E-state index contributed by atoms with van der Waals surface area (Å²) in [5.74, 6) is 0.894. The molecule has 1 aliphatic heterocycles. The van der Waals surface area contributed by atoms with Crippen LogP contribution >= 0.6 is 23.4 Å². The predicted octanol–water partition coefficient (Wildman–Crippen LogP) is 5.84. The first-order chi connectivity index (χ1) is 18.0. The van der Waals surface area contributed by atoms with E-state index in [4.69, 9.17) is 11.6 Å². The third-order valence-corrected chi connectivity index (χ3v) is 7.56. The van der Waals surface area contributed by atoms with Gasteiger partial charge in [-0.05, 0) is 61.5 Å². The van der Waals surface area contributed by atoms with E-state index in [-0.39, 0.29) is 17.7 Å². The summed E-state index contributed by atoms with van der Waals surface area (Å²) in [5, 5.41) is 6.22. The highest BCUT2D eigenvalue weighted by molar-refractivity contribution is 8.04. The highest BCUT2D eigenvalue weighted by Gasteiger charge is 2.22. The van der Waals surface area contributed by atoms with Gasteiger partial charge in [0.15, 0.2) is 5.65 Å². The summed E-state index contributed by atoms with van der Waals surface area (Å²) in [6.45, 7) is 3.44. The summed E-state index contributed by atoms with van der Waals surface area (Å²) < 4.78 is 1.99. The third kappa shape index (κ3) is 5.68. The van der Waals surface area contributed by atoms with Crippen molar-refractivity contribution in [3.8, 4) is 0 Å². The second-order valence-corrected chi connectivity index (χ2v) is 10.2. The summed E-state index contributed by atoms with van der Waals surface area (Å²) in [6, 6.07) is 11.2. The molecule has 188 valence electrons. The Balaban J connectivity index is 0.000000154. The fraction of sp³-hybridized carbons (Fsp3) is 0.222. The average Bonchev–Trinajstić information content (AvgIpc) is 3.68. The van der Waals surface area contributed by atoms with Crippen LogP contribution in [-0.2, 0) is 9.59 Å². The molecule has 3 heterocycles. The van der Waals surface area contributed by atoms with Crippen LogP contribution in [0, 0.1) is 5.92 Å². The molecule has 0 bridgehead atoms. The lowest BCUT2D eigenvalue weighted by molar-refractivity contribution is -0.119. The van der Waals surface area contributed by atoms with Crippen molar-refractivity contribution >= 4 is 76.0 Å². The van der Waals surface area contributed by atoms with Gasteiger partial charge in [-0.2, -0.15) is 0 Å². The van der Waals surface area contributed by atoms with Crippen molar-refractivity contribution in [1.29, 1.82) is 0 Å². The zero-order valence-electron chi connectivity index (χ0n) is 20.0. The quantitative estimate of drug-likeness (QED) is 0.254. The number of hydrogen-bond donors (Lipinski definition) is 2. The van der Waals surface area contributed by atoms with Crippen molar-refractivity contribution in [3.63, 3.8) is 0 Å². The first-order valence-electron chi connectivity index (χ1n) is 11.9. The molecule has 4 aromatic rings. The molecule has 0 spiro atoms. The molecule has 0 radical (unpaired) electrons. The number of halogens is 1. The van der Waals surface area contributed by atoms with Gasteiger partial charge >= 0.3 is 0 Å². The standard InChI is InChI=1S/C14H10N4OS.C13H15ClN2O/c19-14-12(20-8-17-14)6-9-1-2-10-11(5-9)18-4-3-15-13(18)7-16-10;1-15-12-8-10(6-7-11(12)14)16-13(17)9-4-2-3-5-9/h1-7H,8H2,(H,17,19);6-9H,1-5H2,(H,16,17)/b12-6-;. The third-order valence-electron chi connectivity index (χ3n) is 6.34. The molecule has 8 nitrogen and oxygen atoms in total. The normalized spacial score (nSPS) is 16.6. The van der Waals surface area contributed by atoms with Gasteiger partial charge in [-0.25, -0.2) is 4.98 Å². The lowest BCUT2D eigenvalue weighted by atomic mass is 10.1. The van der Waals surface area contributed by atoms with Crippen molar-refractivity contribution in [1.82, 2.24) is 19.7 Å². The van der Waals surface area contributed by atoms with Crippen LogP contribution < -0.4 is 10.6 Å². The summed E-state index contributed by atoms with van der Waals surface area (Å²) in [4.78, 5) is 36.7. The summed E-state index contributed by atoms with van der Waals surface area (Å²) in [7, 11) is 0. The van der Waals surface area contributed by atoms with Gasteiger partial charge < -0.3 is 10.6 Å². The summed E-state index contributed by atoms with van der Waals surface area (Å²) in [5.41, 5.74) is 5.01. The number of carbonyl (C=O) groups is 2. The Kier molecular flexibility index (Phi) is 7.52. The fourth-order valence-corrected chi connectivity index (χ4v) is 5.37. The van der Waals surface area contributed by atoms with Gasteiger partial charge in [0.2, 0.25) is 5.91 Å². The lowest BCUT2D eigenvalue weighted by Gasteiger charge is -2.11. The van der Waals surface area contributed by atoms with Gasteiger partial charge in [0.05, 0.1) is 38.7 Å². The van der Waals surface area contributed by atoms with Crippen LogP contribution in [0.3, 0.4) is 0 Å². The Labute approximate surface area is 223 Å². The minimum Gasteiger partial charge on any atom is -0.342 e. The van der Waals surface area contributed by atoms with Crippen LogP contribution in [0.5, 0.6) is 0 Å². The maximum Gasteiger partial charge on any atom is 0.258 e. The zero-order valence-corrected chi connectivity index (χ0v) is 21.6. The molecule has 2 aromatic heterocycles. The van der Waals surface area contributed by atoms with Crippen LogP contribution in [0.2, 0.25) is 5.02 Å². The van der Waals surface area contributed by atoms with Crippen molar-refractivity contribution in [2.45, 2.75) is 25.7 Å². The molecule has 1 saturated carbocycles. The molecule has 2 amide bonds. The molecule has 1 saturated heterocycles. The fourth-order valence-electron chi connectivity index (χ4n) is 4.41. The lowest BCUT2D eigenvalue weighted by Crippen LogP contribution is -2.20. The number of nitrogens with zero attached hydrogens (tertiary/aromatic N) is 4. The first kappa shape index (κ1) is 25.0. The maximum absolute atomic E-state index is 11.9. The molecule has 2 fully saturated rings. The minimum absolute atomic E-state index is 0.00550. The maximum atomic E-state index is 11.9. The number of amides is 2. The van der Waals surface area contributed by atoms with E-state index < -0.39 is 0 Å². The van der Waals surface area contributed by atoms with E-state index in [0.29, 0.717) is 16.6 Å². The molecule has 2 aromatic carbocycles. The monoisotopic (exact) mass is 532 g/mol. The molecule has 37 heavy (non-hydrogen) atoms. The molecule has 2 N–H and O–H groups in total. The number of fused-ring (bicyclic) bond motifs is 3. The number of aromatic nitrogens is 3. The Morgan fingerprint density at radius 2 is 2.05 bits per heavy atom. The van der Waals surface area contributed by atoms with E-state index in [9.17, 15) is 9.59 Å². The van der Waals surface area contributed by atoms with Crippen LogP contribution in [0.4, 0.5) is 11.4 Å². The molecule has 10 heteroatoms. The Morgan fingerprint density at radius 3 is 2.81 bits per heavy atom. The number of hydrogen-bond acceptors (Lipinski definition) is 6. The molecular formula is C27H25ClN6O2S. The number of aliphatic imine (C=N–C) groups is 1. The van der Waals surface area contributed by atoms with Crippen molar-refractivity contribution < 1.29 is 9.59 Å². The Morgan fingerprint density at radius 1 is 1.22 bits per heavy atom. The molecule has 0 unspecified atom stereocenters. The molecule has 0 atom stereocenters. The van der Waals surface area contributed by atoms with E-state index in [1.54, 1.807) is 30.6 Å². The van der Waals surface area contributed by atoms with E-state index in [0.717, 1.165) is 58.5 Å². The molecule has 2 aliphatic rings. The van der Waals surface area contributed by atoms with Crippen LogP contribution in [0.1, 0.15) is 31.2 Å². The highest BCUT2D eigenvalue weighted by Crippen LogP contribution is 2.30. The Bertz CT molecular complexity index is 1530. The van der Waals surface area contributed by atoms with Gasteiger partial charge in [-0.15, -0.1) is 0 Å². The van der Waals surface area contributed by atoms with E-state index >= 15 is 0 Å². The van der Waals surface area contributed by atoms with Gasteiger partial charge in [0, 0.05) is 24.0 Å². The topological polar surface area (TPSA) is 101 Å². The van der Waals surface area contributed by atoms with Crippen molar-refractivity contribution in [3.05, 3.63) is 70.5 Å². The van der Waals surface area contributed by atoms with Crippen LogP contribution in [0.15, 0.2) is 64.9 Å². The second kappa shape index (κ2) is 11.1. The van der Waals surface area contributed by atoms with E-state index in [2.05, 4.69) is 32.3 Å². The Hall–Kier alpha value is -3.69. The highest BCUT2D eigenvalue weighted by atomic mass is 35.5. The van der Waals surface area contributed by atoms with Crippen LogP contribution in [0.25, 0.3) is 22.8 Å². The van der Waals surface area contributed by atoms with E-state index in [1.165, 1.54) is 11.8 Å². The number of nitrogens with one attached hydrogen (secondary N) is 2. The number of thioether (sulfide) groups is 1. The average molecular weight is 533 g/mol. The number of carbonyl (C=O) groups excluding carboxylic acids is 2. The smallest absolute Gasteiger partial charge is 0.258 e. The van der Waals surface area contributed by atoms with Crippen molar-refractivity contribution in [2.75, 3.05) is 11.2 Å². The predicted molar refractivity (Wildman–Crippen MR) is 150 cm³/mol. The molecule has 6 rings (SSSR count).